The van der Waals surface area contributed by atoms with E-state index in [0.29, 0.717) is 35.1 Å². The number of aryl methyl sites for hydroxylation is 1. The van der Waals surface area contributed by atoms with E-state index in [1.165, 1.54) is 25.7 Å². The lowest BCUT2D eigenvalue weighted by Gasteiger charge is -2.27. The summed E-state index contributed by atoms with van der Waals surface area (Å²) in [4.78, 5) is 16.4. The number of primary amides is 1. The minimum absolute atomic E-state index is 0.226. The van der Waals surface area contributed by atoms with E-state index in [9.17, 15) is 10.1 Å². The molecule has 31 heavy (non-hydrogen) atoms. The minimum atomic E-state index is -0.508. The van der Waals surface area contributed by atoms with Crippen molar-refractivity contribution in [1.82, 2.24) is 4.98 Å². The molecule has 2 heterocycles. The van der Waals surface area contributed by atoms with Gasteiger partial charge in [0.15, 0.2) is 0 Å². The first-order chi connectivity index (χ1) is 15.0. The molecule has 7 nitrogen and oxygen atoms in total. The number of nitrogens with two attached hydrogens (primary N) is 1. The van der Waals surface area contributed by atoms with Crippen LogP contribution < -0.4 is 15.5 Å². The third-order valence-electron chi connectivity index (χ3n) is 6.20. The number of benzene rings is 1. The Balaban J connectivity index is 1.72. The van der Waals surface area contributed by atoms with Crippen LogP contribution in [0.3, 0.4) is 0 Å². The minimum Gasteiger partial charge on any atom is -0.493 e. The second-order valence-electron chi connectivity index (χ2n) is 8.13. The maximum Gasteiger partial charge on any atom is 0.252 e. The van der Waals surface area contributed by atoms with Crippen molar-refractivity contribution in [3.05, 3.63) is 52.7 Å². The lowest BCUT2D eigenvalue weighted by Crippen LogP contribution is -2.33. The fourth-order valence-corrected chi connectivity index (χ4v) is 4.61. The summed E-state index contributed by atoms with van der Waals surface area (Å²) in [7, 11) is 0. The Bertz CT molecular complexity index is 1070. The molecule has 1 aliphatic heterocycles. The van der Waals surface area contributed by atoms with E-state index in [1.54, 1.807) is 6.07 Å². The number of ether oxygens (including phenoxy) is 1. The monoisotopic (exact) mass is 417 g/mol. The summed E-state index contributed by atoms with van der Waals surface area (Å²) in [6.45, 7) is 4.17. The van der Waals surface area contributed by atoms with Crippen LogP contribution in [-0.4, -0.2) is 29.3 Å². The summed E-state index contributed by atoms with van der Waals surface area (Å²) in [5.41, 5.74) is 9.02. The number of pyridine rings is 1. The van der Waals surface area contributed by atoms with Crippen molar-refractivity contribution < 1.29 is 9.53 Å². The molecule has 4 rings (SSSR count). The van der Waals surface area contributed by atoms with E-state index >= 15 is 0 Å². The number of carbonyl (C=O) groups is 1. The standard InChI is InChI=1S/C24H27N5O2/c1-3-31-22-12-17(8-10-19(22)24(26)30)20-13-21(16-6-4-5-7-16)29(28-20)23-11-9-18(14-25)15(2)27-23/h8-12,16,21H,3-7,13H2,1-2H3,(H2,26,30)/t21-/m1/s1. The molecular weight excluding hydrogens is 390 g/mol. The molecule has 0 bridgehead atoms. The Morgan fingerprint density at radius 3 is 2.71 bits per heavy atom. The summed E-state index contributed by atoms with van der Waals surface area (Å²) < 4.78 is 5.67. The van der Waals surface area contributed by atoms with Gasteiger partial charge in [0.2, 0.25) is 0 Å². The Labute approximate surface area is 182 Å². The molecule has 1 atom stereocenters. The van der Waals surface area contributed by atoms with Gasteiger partial charge in [0.05, 0.1) is 35.2 Å². The molecule has 0 spiro atoms. The van der Waals surface area contributed by atoms with E-state index in [-0.39, 0.29) is 6.04 Å². The number of nitriles is 1. The van der Waals surface area contributed by atoms with Gasteiger partial charge < -0.3 is 10.5 Å². The van der Waals surface area contributed by atoms with Crippen molar-refractivity contribution in [3.8, 4) is 11.8 Å². The SMILES string of the molecule is CCOc1cc(C2=NN(c3ccc(C#N)c(C)n3)[C@@H](C3CCCC3)C2)ccc1C(N)=O. The number of nitrogens with zero attached hydrogens (tertiary/aromatic N) is 4. The predicted octanol–water partition coefficient (Wildman–Crippen LogP) is 3.93. The molecule has 0 radical (unpaired) electrons. The third kappa shape index (κ3) is 4.11. The molecule has 1 fully saturated rings. The van der Waals surface area contributed by atoms with E-state index in [0.717, 1.165) is 23.5 Å². The van der Waals surface area contributed by atoms with Crippen LogP contribution in [-0.2, 0) is 0 Å². The molecule has 2 aliphatic rings. The largest absolute Gasteiger partial charge is 0.493 e. The van der Waals surface area contributed by atoms with Gasteiger partial charge in [0, 0.05) is 12.0 Å². The average Bonchev–Trinajstić information content (AvgIpc) is 3.43. The van der Waals surface area contributed by atoms with Crippen molar-refractivity contribution in [2.45, 2.75) is 52.0 Å². The van der Waals surface area contributed by atoms with Crippen molar-refractivity contribution in [3.63, 3.8) is 0 Å². The average molecular weight is 418 g/mol. The van der Waals surface area contributed by atoms with Crippen LogP contribution in [0.4, 0.5) is 5.82 Å². The summed E-state index contributed by atoms with van der Waals surface area (Å²) in [6.07, 6.45) is 5.65. The maximum atomic E-state index is 11.7. The highest BCUT2D eigenvalue weighted by molar-refractivity contribution is 6.05. The van der Waals surface area contributed by atoms with Crippen molar-refractivity contribution >= 4 is 17.4 Å². The number of rotatable bonds is 6. The zero-order chi connectivity index (χ0) is 22.0. The molecule has 2 N–H and O–H groups in total. The molecule has 1 aliphatic carbocycles. The highest BCUT2D eigenvalue weighted by Crippen LogP contribution is 2.38. The lowest BCUT2D eigenvalue weighted by atomic mass is 9.92. The van der Waals surface area contributed by atoms with Gasteiger partial charge in [-0.2, -0.15) is 10.4 Å². The van der Waals surface area contributed by atoms with Gasteiger partial charge >= 0.3 is 0 Å². The number of hydrazone groups is 1. The van der Waals surface area contributed by atoms with Gasteiger partial charge in [0.25, 0.3) is 5.91 Å². The predicted molar refractivity (Wildman–Crippen MR) is 119 cm³/mol. The quantitative estimate of drug-likeness (QED) is 0.767. The topological polar surface area (TPSA) is 105 Å². The van der Waals surface area contributed by atoms with E-state index in [4.69, 9.17) is 15.6 Å². The zero-order valence-electron chi connectivity index (χ0n) is 18.0. The van der Waals surface area contributed by atoms with Gasteiger partial charge in [-0.25, -0.2) is 9.99 Å². The fourth-order valence-electron chi connectivity index (χ4n) is 4.61. The summed E-state index contributed by atoms with van der Waals surface area (Å²) in [6, 6.07) is 11.5. The molecule has 160 valence electrons. The summed E-state index contributed by atoms with van der Waals surface area (Å²) in [5, 5.41) is 16.2. The molecular formula is C24H27N5O2. The number of anilines is 1. The first kappa shape index (κ1) is 20.9. The maximum absolute atomic E-state index is 11.7. The Morgan fingerprint density at radius 2 is 2.06 bits per heavy atom. The first-order valence-corrected chi connectivity index (χ1v) is 10.8. The van der Waals surface area contributed by atoms with Crippen LogP contribution in [0, 0.1) is 24.2 Å². The summed E-state index contributed by atoms with van der Waals surface area (Å²) in [5.74, 6) is 1.29. The van der Waals surface area contributed by atoms with E-state index < -0.39 is 5.91 Å². The van der Waals surface area contributed by atoms with Gasteiger partial charge in [-0.05, 0) is 56.9 Å². The molecule has 1 saturated carbocycles. The molecule has 7 heteroatoms. The summed E-state index contributed by atoms with van der Waals surface area (Å²) >= 11 is 0. The van der Waals surface area contributed by atoms with Gasteiger partial charge in [0.1, 0.15) is 17.6 Å². The molecule has 0 unspecified atom stereocenters. The molecule has 1 amide bonds. The molecule has 1 aromatic heterocycles. The Morgan fingerprint density at radius 1 is 1.29 bits per heavy atom. The number of amides is 1. The Kier molecular flexibility index (Phi) is 5.90. The van der Waals surface area contributed by atoms with Crippen LogP contribution in [0.25, 0.3) is 0 Å². The third-order valence-corrected chi connectivity index (χ3v) is 6.20. The normalized spacial score (nSPS) is 18.7. The fraction of sp³-hybridized carbons (Fsp3) is 0.417. The number of hydrogen-bond donors (Lipinski definition) is 1. The Hall–Kier alpha value is -3.40. The van der Waals surface area contributed by atoms with Crippen molar-refractivity contribution in [1.29, 1.82) is 5.26 Å². The van der Waals surface area contributed by atoms with Crippen LogP contribution in [0.5, 0.6) is 5.75 Å². The van der Waals surface area contributed by atoms with Crippen LogP contribution in [0.1, 0.15) is 66.2 Å². The molecule has 0 saturated heterocycles. The second kappa shape index (κ2) is 8.76. The van der Waals surface area contributed by atoms with E-state index in [2.05, 4.69) is 11.1 Å². The smallest absolute Gasteiger partial charge is 0.252 e. The van der Waals surface area contributed by atoms with E-state index in [1.807, 2.05) is 43.1 Å². The van der Waals surface area contributed by atoms with Gasteiger partial charge in [-0.1, -0.05) is 18.9 Å². The van der Waals surface area contributed by atoms with Crippen LogP contribution >= 0.6 is 0 Å². The lowest BCUT2D eigenvalue weighted by molar-refractivity contribution is 0.0996. The number of hydrogen-bond acceptors (Lipinski definition) is 6. The highest BCUT2D eigenvalue weighted by atomic mass is 16.5. The first-order valence-electron chi connectivity index (χ1n) is 10.8. The van der Waals surface area contributed by atoms with Crippen LogP contribution in [0.15, 0.2) is 35.4 Å². The van der Waals surface area contributed by atoms with Gasteiger partial charge in [-0.15, -0.1) is 0 Å². The van der Waals surface area contributed by atoms with Gasteiger partial charge in [-0.3, -0.25) is 4.79 Å². The molecule has 1 aromatic carbocycles. The highest BCUT2D eigenvalue weighted by Gasteiger charge is 2.37. The zero-order valence-corrected chi connectivity index (χ0v) is 18.0. The number of aromatic nitrogens is 1. The van der Waals surface area contributed by atoms with Crippen molar-refractivity contribution in [2.24, 2.45) is 16.8 Å². The van der Waals surface area contributed by atoms with Crippen molar-refractivity contribution in [2.75, 3.05) is 11.6 Å². The second-order valence-corrected chi connectivity index (χ2v) is 8.13. The molecule has 2 aromatic rings. The van der Waals surface area contributed by atoms with Crippen LogP contribution in [0.2, 0.25) is 0 Å². The number of carbonyl (C=O) groups excluding carboxylic acids is 1.